The third kappa shape index (κ3) is 4.41. The normalized spacial score (nSPS) is 11.6. The van der Waals surface area contributed by atoms with Crippen molar-refractivity contribution in [3.63, 3.8) is 0 Å². The van der Waals surface area contributed by atoms with Crippen molar-refractivity contribution in [3.8, 4) is 16.9 Å². The minimum atomic E-state index is -4.90. The molecule has 4 aromatic rings. The number of benzene rings is 3. The Labute approximate surface area is 178 Å². The maximum absolute atomic E-state index is 13.7. The first kappa shape index (κ1) is 20.9. The SMILES string of the molecule is O=c1c(-c2ccc(Cl)cc2)c(C(F)(F)F)oc2cc(OCc3ccc(F)cc3)ccc12. The highest BCUT2D eigenvalue weighted by Crippen LogP contribution is 2.38. The lowest BCUT2D eigenvalue weighted by Gasteiger charge is -2.13. The Morgan fingerprint density at radius 2 is 1.61 bits per heavy atom. The molecule has 1 aromatic heterocycles. The van der Waals surface area contributed by atoms with Gasteiger partial charge in [-0.25, -0.2) is 4.39 Å². The summed E-state index contributed by atoms with van der Waals surface area (Å²) in [5.41, 5.74) is -0.953. The molecule has 8 heteroatoms. The van der Waals surface area contributed by atoms with Crippen LogP contribution in [0, 0.1) is 5.82 Å². The van der Waals surface area contributed by atoms with Gasteiger partial charge < -0.3 is 9.15 Å². The van der Waals surface area contributed by atoms with Gasteiger partial charge in [-0.3, -0.25) is 4.79 Å². The zero-order valence-electron chi connectivity index (χ0n) is 15.7. The molecule has 31 heavy (non-hydrogen) atoms. The van der Waals surface area contributed by atoms with E-state index in [-0.39, 0.29) is 28.9 Å². The Kier molecular flexibility index (Phi) is 5.45. The fraction of sp³-hybridized carbons (Fsp3) is 0.0870. The van der Waals surface area contributed by atoms with E-state index in [1.165, 1.54) is 66.7 Å². The van der Waals surface area contributed by atoms with E-state index in [1.54, 1.807) is 0 Å². The molecule has 0 aliphatic rings. The molecule has 0 unspecified atom stereocenters. The van der Waals surface area contributed by atoms with Crippen LogP contribution < -0.4 is 10.2 Å². The molecule has 4 rings (SSSR count). The van der Waals surface area contributed by atoms with Gasteiger partial charge in [-0.15, -0.1) is 0 Å². The summed E-state index contributed by atoms with van der Waals surface area (Å²) >= 11 is 5.81. The van der Waals surface area contributed by atoms with Crippen LogP contribution in [0.4, 0.5) is 17.6 Å². The van der Waals surface area contributed by atoms with E-state index in [2.05, 4.69) is 0 Å². The summed E-state index contributed by atoms with van der Waals surface area (Å²) in [5.74, 6) is -1.59. The molecule has 0 N–H and O–H groups in total. The highest BCUT2D eigenvalue weighted by Gasteiger charge is 2.39. The van der Waals surface area contributed by atoms with Gasteiger partial charge in [0.05, 0.1) is 10.9 Å². The summed E-state index contributed by atoms with van der Waals surface area (Å²) < 4.78 is 64.8. The first-order valence-corrected chi connectivity index (χ1v) is 9.41. The summed E-state index contributed by atoms with van der Waals surface area (Å²) in [4.78, 5) is 12.9. The first-order chi connectivity index (χ1) is 14.7. The van der Waals surface area contributed by atoms with Crippen LogP contribution in [0.2, 0.25) is 5.02 Å². The fourth-order valence-corrected chi connectivity index (χ4v) is 3.21. The van der Waals surface area contributed by atoms with Gasteiger partial charge in [-0.2, -0.15) is 13.2 Å². The van der Waals surface area contributed by atoms with Gasteiger partial charge in [0.25, 0.3) is 0 Å². The number of fused-ring (bicyclic) bond motifs is 1. The standard InChI is InChI=1S/C23H13ClF4O3/c24-15-5-3-14(4-6-15)20-21(29)18-10-9-17(11-19(18)31-22(20)23(26,27)28)30-12-13-1-7-16(25)8-2-13/h1-11H,12H2. The summed E-state index contributed by atoms with van der Waals surface area (Å²) in [7, 11) is 0. The number of alkyl halides is 3. The van der Waals surface area contributed by atoms with Gasteiger partial charge >= 0.3 is 6.18 Å². The molecule has 0 radical (unpaired) electrons. The largest absolute Gasteiger partial charge is 0.489 e. The van der Waals surface area contributed by atoms with Crippen LogP contribution in [0.1, 0.15) is 11.3 Å². The molecule has 0 amide bonds. The predicted molar refractivity (Wildman–Crippen MR) is 109 cm³/mol. The Bertz CT molecular complexity index is 1290. The lowest BCUT2D eigenvalue weighted by atomic mass is 10.0. The highest BCUT2D eigenvalue weighted by atomic mass is 35.5. The van der Waals surface area contributed by atoms with Gasteiger partial charge in [-0.1, -0.05) is 35.9 Å². The maximum Gasteiger partial charge on any atom is 0.450 e. The number of halogens is 5. The molecular weight excluding hydrogens is 436 g/mol. The van der Waals surface area contributed by atoms with Crippen molar-refractivity contribution in [2.24, 2.45) is 0 Å². The summed E-state index contributed by atoms with van der Waals surface area (Å²) in [6, 6.07) is 15.1. The zero-order chi connectivity index (χ0) is 22.2. The number of hydrogen-bond acceptors (Lipinski definition) is 3. The average molecular weight is 449 g/mol. The third-order valence-electron chi connectivity index (χ3n) is 4.57. The molecule has 0 saturated heterocycles. The van der Waals surface area contributed by atoms with Crippen molar-refractivity contribution in [2.75, 3.05) is 0 Å². The topological polar surface area (TPSA) is 39.4 Å². The molecule has 0 aliphatic carbocycles. The second kappa shape index (κ2) is 8.07. The molecule has 158 valence electrons. The second-order valence-electron chi connectivity index (χ2n) is 6.71. The van der Waals surface area contributed by atoms with Crippen LogP contribution in [0.25, 0.3) is 22.1 Å². The average Bonchev–Trinajstić information content (AvgIpc) is 2.73. The molecule has 3 nitrogen and oxygen atoms in total. The van der Waals surface area contributed by atoms with E-state index >= 15 is 0 Å². The number of rotatable bonds is 4. The number of ether oxygens (including phenoxy) is 1. The van der Waals surface area contributed by atoms with E-state index in [0.717, 1.165) is 0 Å². The molecule has 0 atom stereocenters. The molecule has 0 aliphatic heterocycles. The fourth-order valence-electron chi connectivity index (χ4n) is 3.09. The highest BCUT2D eigenvalue weighted by molar-refractivity contribution is 6.30. The number of hydrogen-bond donors (Lipinski definition) is 0. The lowest BCUT2D eigenvalue weighted by Crippen LogP contribution is -2.16. The predicted octanol–water partition coefficient (Wildman–Crippen LogP) is 6.85. The van der Waals surface area contributed by atoms with Crippen LogP contribution >= 0.6 is 11.6 Å². The van der Waals surface area contributed by atoms with Crippen molar-refractivity contribution in [1.29, 1.82) is 0 Å². The maximum atomic E-state index is 13.7. The van der Waals surface area contributed by atoms with Crippen LogP contribution in [0.15, 0.2) is 75.9 Å². The van der Waals surface area contributed by atoms with Gasteiger partial charge in [0.15, 0.2) is 0 Å². The van der Waals surface area contributed by atoms with Crippen molar-refractivity contribution < 1.29 is 26.7 Å². The molecule has 0 saturated carbocycles. The monoisotopic (exact) mass is 448 g/mol. The molecule has 0 fully saturated rings. The second-order valence-corrected chi connectivity index (χ2v) is 7.15. The minimum Gasteiger partial charge on any atom is -0.489 e. The van der Waals surface area contributed by atoms with Crippen LogP contribution in [0.5, 0.6) is 5.75 Å². The smallest absolute Gasteiger partial charge is 0.450 e. The Morgan fingerprint density at radius 1 is 0.935 bits per heavy atom. The molecule has 1 heterocycles. The lowest BCUT2D eigenvalue weighted by molar-refractivity contribution is -0.152. The quantitative estimate of drug-likeness (QED) is 0.320. The summed E-state index contributed by atoms with van der Waals surface area (Å²) in [6.07, 6.45) is -4.90. The van der Waals surface area contributed by atoms with Crippen LogP contribution in [-0.4, -0.2) is 0 Å². The molecule has 0 spiro atoms. The third-order valence-corrected chi connectivity index (χ3v) is 4.82. The van der Waals surface area contributed by atoms with E-state index in [1.807, 2.05) is 0 Å². The summed E-state index contributed by atoms with van der Waals surface area (Å²) in [6.45, 7) is 0.0605. The molecule has 0 bridgehead atoms. The van der Waals surface area contributed by atoms with Crippen LogP contribution in [-0.2, 0) is 12.8 Å². The summed E-state index contributed by atoms with van der Waals surface area (Å²) in [5, 5.41) is 0.303. The van der Waals surface area contributed by atoms with E-state index in [0.29, 0.717) is 10.6 Å². The van der Waals surface area contributed by atoms with Gasteiger partial charge in [0.1, 0.15) is 23.8 Å². The Balaban J connectivity index is 1.77. The molecule has 3 aromatic carbocycles. The zero-order valence-corrected chi connectivity index (χ0v) is 16.4. The Hall–Kier alpha value is -3.32. The van der Waals surface area contributed by atoms with Crippen molar-refractivity contribution in [3.05, 3.63) is 99.1 Å². The van der Waals surface area contributed by atoms with Crippen molar-refractivity contribution >= 4 is 22.6 Å². The van der Waals surface area contributed by atoms with Gasteiger partial charge in [0, 0.05) is 11.1 Å². The van der Waals surface area contributed by atoms with Gasteiger partial charge in [0.2, 0.25) is 11.2 Å². The van der Waals surface area contributed by atoms with E-state index in [9.17, 15) is 22.4 Å². The Morgan fingerprint density at radius 3 is 2.26 bits per heavy atom. The van der Waals surface area contributed by atoms with E-state index < -0.39 is 28.7 Å². The van der Waals surface area contributed by atoms with Crippen molar-refractivity contribution in [1.82, 2.24) is 0 Å². The molecular formula is C23H13ClF4O3. The van der Waals surface area contributed by atoms with Crippen LogP contribution in [0.3, 0.4) is 0 Å². The van der Waals surface area contributed by atoms with E-state index in [4.69, 9.17) is 20.8 Å². The minimum absolute atomic E-state index is 0.0212. The first-order valence-electron chi connectivity index (χ1n) is 9.03. The van der Waals surface area contributed by atoms with Gasteiger partial charge in [-0.05, 0) is 47.5 Å². The van der Waals surface area contributed by atoms with Crippen molar-refractivity contribution in [2.45, 2.75) is 12.8 Å².